The number of hydrogen-bond acceptors (Lipinski definition) is 3. The van der Waals surface area contributed by atoms with Gasteiger partial charge in [0.25, 0.3) is 0 Å². The van der Waals surface area contributed by atoms with E-state index in [2.05, 4.69) is 21.2 Å². The van der Waals surface area contributed by atoms with E-state index in [9.17, 15) is 9.59 Å². The molecule has 0 saturated carbocycles. The highest BCUT2D eigenvalue weighted by Crippen LogP contribution is 2.26. The third-order valence-electron chi connectivity index (χ3n) is 4.12. The minimum Gasteiger partial charge on any atom is -0.492 e. The summed E-state index contributed by atoms with van der Waals surface area (Å²) in [5.41, 5.74) is 0.805. The molecule has 3 rings (SSSR count). The Morgan fingerprint density at radius 2 is 1.88 bits per heavy atom. The van der Waals surface area contributed by atoms with Crippen LogP contribution in [0, 0.1) is 5.92 Å². The number of hydrogen-bond donors (Lipinski definition) is 1. The average molecular weight is 438 g/mol. The van der Waals surface area contributed by atoms with Crippen molar-refractivity contribution in [1.82, 2.24) is 5.32 Å². The van der Waals surface area contributed by atoms with Crippen LogP contribution in [0.25, 0.3) is 0 Å². The zero-order valence-corrected chi connectivity index (χ0v) is 16.3. The summed E-state index contributed by atoms with van der Waals surface area (Å²) < 4.78 is 6.49. The van der Waals surface area contributed by atoms with Gasteiger partial charge < -0.3 is 15.0 Å². The average Bonchev–Trinajstić information content (AvgIpc) is 3.02. The van der Waals surface area contributed by atoms with Crippen molar-refractivity contribution in [2.75, 3.05) is 24.6 Å². The Balaban J connectivity index is 1.45. The summed E-state index contributed by atoms with van der Waals surface area (Å²) in [6.45, 7) is 1.12. The highest BCUT2D eigenvalue weighted by molar-refractivity contribution is 9.10. The Morgan fingerprint density at radius 1 is 1.19 bits per heavy atom. The van der Waals surface area contributed by atoms with Crippen LogP contribution in [-0.2, 0) is 9.59 Å². The van der Waals surface area contributed by atoms with E-state index in [4.69, 9.17) is 16.3 Å². The number of anilines is 1. The summed E-state index contributed by atoms with van der Waals surface area (Å²) in [6.07, 6.45) is 0.222. The number of benzene rings is 2. The highest BCUT2D eigenvalue weighted by Gasteiger charge is 2.34. The van der Waals surface area contributed by atoms with E-state index in [1.165, 1.54) is 0 Å². The molecule has 0 aromatic heterocycles. The van der Waals surface area contributed by atoms with E-state index >= 15 is 0 Å². The van der Waals surface area contributed by atoms with Crippen LogP contribution in [0.3, 0.4) is 0 Å². The van der Waals surface area contributed by atoms with Crippen molar-refractivity contribution < 1.29 is 14.3 Å². The molecule has 1 fully saturated rings. The standard InChI is InChI=1S/C19H18BrClN2O3/c20-14-1-5-16(6-2-14)23-12-13(11-18(23)24)19(25)22-9-10-26-17-7-3-15(21)4-8-17/h1-8,13H,9-12H2,(H,22,25)/t13-/m1/s1. The summed E-state index contributed by atoms with van der Waals surface area (Å²) in [4.78, 5) is 26.2. The molecule has 0 bridgehead atoms. The molecular formula is C19H18BrClN2O3. The molecule has 1 aliphatic heterocycles. The quantitative estimate of drug-likeness (QED) is 0.702. The van der Waals surface area contributed by atoms with E-state index in [0.29, 0.717) is 30.5 Å². The molecule has 0 aliphatic carbocycles. The molecule has 136 valence electrons. The Morgan fingerprint density at radius 3 is 2.58 bits per heavy atom. The van der Waals surface area contributed by atoms with Crippen molar-refractivity contribution in [3.63, 3.8) is 0 Å². The number of ether oxygens (including phenoxy) is 1. The molecule has 1 aliphatic rings. The molecule has 26 heavy (non-hydrogen) atoms. The minimum atomic E-state index is -0.346. The fraction of sp³-hybridized carbons (Fsp3) is 0.263. The second-order valence-corrected chi connectivity index (χ2v) is 7.33. The van der Waals surface area contributed by atoms with Gasteiger partial charge in [-0.2, -0.15) is 0 Å². The van der Waals surface area contributed by atoms with Crippen molar-refractivity contribution in [1.29, 1.82) is 0 Å². The van der Waals surface area contributed by atoms with E-state index in [1.54, 1.807) is 29.2 Å². The Labute approximate surface area is 165 Å². The van der Waals surface area contributed by atoms with Gasteiger partial charge >= 0.3 is 0 Å². The lowest BCUT2D eigenvalue weighted by atomic mass is 10.1. The molecule has 7 heteroatoms. The molecule has 0 unspecified atom stereocenters. The second-order valence-electron chi connectivity index (χ2n) is 5.98. The molecule has 5 nitrogen and oxygen atoms in total. The van der Waals surface area contributed by atoms with Crippen LogP contribution in [0.2, 0.25) is 5.02 Å². The van der Waals surface area contributed by atoms with E-state index in [0.717, 1.165) is 10.2 Å². The van der Waals surface area contributed by atoms with Gasteiger partial charge in [-0.25, -0.2) is 0 Å². The maximum absolute atomic E-state index is 12.3. The third kappa shape index (κ3) is 4.77. The van der Waals surface area contributed by atoms with Crippen LogP contribution in [0.4, 0.5) is 5.69 Å². The first kappa shape index (κ1) is 18.7. The largest absolute Gasteiger partial charge is 0.492 e. The molecule has 2 aromatic rings. The number of carbonyl (C=O) groups excluding carboxylic acids is 2. The normalized spacial score (nSPS) is 16.6. The van der Waals surface area contributed by atoms with Crippen LogP contribution in [0.1, 0.15) is 6.42 Å². The van der Waals surface area contributed by atoms with Gasteiger partial charge in [-0.15, -0.1) is 0 Å². The van der Waals surface area contributed by atoms with Crippen molar-refractivity contribution in [2.24, 2.45) is 5.92 Å². The van der Waals surface area contributed by atoms with Crippen LogP contribution < -0.4 is 15.0 Å². The van der Waals surface area contributed by atoms with Gasteiger partial charge in [0.2, 0.25) is 11.8 Å². The molecule has 1 N–H and O–H groups in total. The van der Waals surface area contributed by atoms with Gasteiger partial charge in [-0.1, -0.05) is 27.5 Å². The molecule has 1 heterocycles. The van der Waals surface area contributed by atoms with E-state index in [-0.39, 0.29) is 24.2 Å². The fourth-order valence-electron chi connectivity index (χ4n) is 2.77. The smallest absolute Gasteiger partial charge is 0.227 e. The van der Waals surface area contributed by atoms with Gasteiger partial charge in [0.1, 0.15) is 12.4 Å². The maximum Gasteiger partial charge on any atom is 0.227 e. The van der Waals surface area contributed by atoms with E-state index < -0.39 is 0 Å². The lowest BCUT2D eigenvalue weighted by Crippen LogP contribution is -2.35. The van der Waals surface area contributed by atoms with Crippen LogP contribution in [-0.4, -0.2) is 31.5 Å². The summed E-state index contributed by atoms with van der Waals surface area (Å²) in [5, 5.41) is 3.48. The monoisotopic (exact) mass is 436 g/mol. The number of carbonyl (C=O) groups is 2. The van der Waals surface area contributed by atoms with Crippen LogP contribution in [0.5, 0.6) is 5.75 Å². The Kier molecular flexibility index (Phi) is 6.16. The van der Waals surface area contributed by atoms with Gasteiger partial charge in [-0.05, 0) is 48.5 Å². The molecule has 2 amide bonds. The first-order valence-corrected chi connectivity index (χ1v) is 9.42. The number of nitrogens with one attached hydrogen (secondary N) is 1. The van der Waals surface area contributed by atoms with Gasteiger partial charge in [-0.3, -0.25) is 9.59 Å². The number of rotatable bonds is 6. The fourth-order valence-corrected chi connectivity index (χ4v) is 3.16. The zero-order chi connectivity index (χ0) is 18.5. The zero-order valence-electron chi connectivity index (χ0n) is 14.0. The summed E-state index contributed by atoms with van der Waals surface area (Å²) >= 11 is 9.19. The van der Waals surface area contributed by atoms with Gasteiger partial charge in [0.05, 0.1) is 12.5 Å². The molecule has 1 atom stereocenters. The molecule has 2 aromatic carbocycles. The third-order valence-corrected chi connectivity index (χ3v) is 4.90. The summed E-state index contributed by atoms with van der Waals surface area (Å²) in [7, 11) is 0. The van der Waals surface area contributed by atoms with Crippen molar-refractivity contribution in [3.05, 3.63) is 58.0 Å². The molecule has 1 saturated heterocycles. The van der Waals surface area contributed by atoms with Crippen LogP contribution >= 0.6 is 27.5 Å². The summed E-state index contributed by atoms with van der Waals surface area (Å²) in [5.74, 6) is 0.185. The predicted octanol–water partition coefficient (Wildman–Crippen LogP) is 3.65. The molecule has 0 radical (unpaired) electrons. The second kappa shape index (κ2) is 8.56. The summed E-state index contributed by atoms with van der Waals surface area (Å²) in [6, 6.07) is 14.5. The van der Waals surface area contributed by atoms with E-state index in [1.807, 2.05) is 24.3 Å². The SMILES string of the molecule is O=C(NCCOc1ccc(Cl)cc1)[C@@H]1CC(=O)N(c2ccc(Br)cc2)C1. The Hall–Kier alpha value is -2.05. The topological polar surface area (TPSA) is 58.6 Å². The molecule has 0 spiro atoms. The lowest BCUT2D eigenvalue weighted by molar-refractivity contribution is -0.126. The van der Waals surface area contributed by atoms with Gasteiger partial charge in [0.15, 0.2) is 0 Å². The number of halogens is 2. The first-order chi connectivity index (χ1) is 12.5. The predicted molar refractivity (Wildman–Crippen MR) is 105 cm³/mol. The lowest BCUT2D eigenvalue weighted by Gasteiger charge is -2.17. The number of amides is 2. The van der Waals surface area contributed by atoms with Crippen LogP contribution in [0.15, 0.2) is 53.0 Å². The first-order valence-electron chi connectivity index (χ1n) is 8.25. The van der Waals surface area contributed by atoms with Crippen molar-refractivity contribution in [3.8, 4) is 5.75 Å². The maximum atomic E-state index is 12.3. The Bertz CT molecular complexity index is 780. The minimum absolute atomic E-state index is 0.0371. The molecular weight excluding hydrogens is 420 g/mol. The van der Waals surface area contributed by atoms with Crippen molar-refractivity contribution in [2.45, 2.75) is 6.42 Å². The number of nitrogens with zero attached hydrogens (tertiary/aromatic N) is 1. The van der Waals surface area contributed by atoms with Crippen molar-refractivity contribution >= 4 is 45.0 Å². The highest BCUT2D eigenvalue weighted by atomic mass is 79.9. The van der Waals surface area contributed by atoms with Gasteiger partial charge in [0, 0.05) is 28.1 Å².